The minimum atomic E-state index is -0.374. The van der Waals surface area contributed by atoms with Gasteiger partial charge in [0.25, 0.3) is 0 Å². The first-order valence-electron chi connectivity index (χ1n) is 8.04. The van der Waals surface area contributed by atoms with E-state index < -0.39 is 0 Å². The van der Waals surface area contributed by atoms with Gasteiger partial charge in [-0.25, -0.2) is 0 Å². The molecule has 1 N–H and O–H groups in total. The fourth-order valence-corrected chi connectivity index (χ4v) is 3.98. The minimum Gasteiger partial charge on any atom is -0.325 e. The number of imide groups is 1. The van der Waals surface area contributed by atoms with E-state index in [1.807, 2.05) is 24.3 Å². The number of hydrogen-bond donors (Lipinski definition) is 1. The maximum absolute atomic E-state index is 12.1. The monoisotopic (exact) mass is 356 g/mol. The number of rotatable bonds is 4. The quantitative estimate of drug-likeness (QED) is 0.827. The van der Waals surface area contributed by atoms with Crippen molar-refractivity contribution in [3.63, 3.8) is 0 Å². The molecular weight excluding hydrogens is 340 g/mol. The Kier molecular flexibility index (Phi) is 4.04. The maximum atomic E-state index is 12.1. The third-order valence-electron chi connectivity index (χ3n) is 4.29. The molecule has 8 heteroatoms. The van der Waals surface area contributed by atoms with Gasteiger partial charge in [0.1, 0.15) is 6.54 Å². The molecule has 0 atom stereocenters. The average molecular weight is 356 g/mol. The number of likely N-dealkylation sites (tertiary alicyclic amines) is 1. The Morgan fingerprint density at radius 2 is 1.88 bits per heavy atom. The molecule has 0 unspecified atom stereocenters. The van der Waals surface area contributed by atoms with Crippen molar-refractivity contribution in [2.75, 3.05) is 25.0 Å². The molecule has 3 heterocycles. The highest BCUT2D eigenvalue weighted by atomic mass is 32.2. The zero-order valence-electron chi connectivity index (χ0n) is 13.4. The lowest BCUT2D eigenvalue weighted by Gasteiger charge is -2.17. The number of amides is 3. The third-order valence-corrected chi connectivity index (χ3v) is 5.19. The molecule has 0 saturated carbocycles. The summed E-state index contributed by atoms with van der Waals surface area (Å²) in [6.07, 6.45) is 0.380. The molecule has 1 aromatic rings. The van der Waals surface area contributed by atoms with E-state index >= 15 is 0 Å². The summed E-state index contributed by atoms with van der Waals surface area (Å²) < 4.78 is 0. The maximum Gasteiger partial charge on any atom is 0.244 e. The van der Waals surface area contributed by atoms with Gasteiger partial charge in [-0.05, 0) is 17.7 Å². The molecule has 0 aromatic heterocycles. The van der Waals surface area contributed by atoms with Crippen molar-refractivity contribution in [1.29, 1.82) is 0 Å². The molecule has 128 valence electrons. The van der Waals surface area contributed by atoms with Crippen LogP contribution in [0.25, 0.3) is 5.70 Å². The fourth-order valence-electron chi connectivity index (χ4n) is 3.01. The van der Waals surface area contributed by atoms with E-state index in [4.69, 9.17) is 0 Å². The number of nitrogens with zero attached hydrogens (tertiary/aromatic N) is 3. The van der Waals surface area contributed by atoms with Crippen LogP contribution in [0.1, 0.15) is 18.4 Å². The Morgan fingerprint density at radius 3 is 2.60 bits per heavy atom. The summed E-state index contributed by atoms with van der Waals surface area (Å²) in [7, 11) is 0. The Labute approximate surface area is 148 Å². The highest BCUT2D eigenvalue weighted by Gasteiger charge is 2.30. The number of carbonyl (C=O) groups excluding carboxylic acids is 3. The average Bonchev–Trinajstić information content (AvgIpc) is 3.28. The van der Waals surface area contributed by atoms with Crippen molar-refractivity contribution >= 4 is 46.0 Å². The highest BCUT2D eigenvalue weighted by molar-refractivity contribution is 8.16. The second kappa shape index (κ2) is 6.36. The smallest absolute Gasteiger partial charge is 0.244 e. The largest absolute Gasteiger partial charge is 0.325 e. The van der Waals surface area contributed by atoms with Crippen molar-refractivity contribution in [3.8, 4) is 0 Å². The van der Waals surface area contributed by atoms with Gasteiger partial charge in [-0.1, -0.05) is 23.9 Å². The Hall–Kier alpha value is -2.61. The van der Waals surface area contributed by atoms with Crippen LogP contribution in [-0.4, -0.2) is 52.3 Å². The SMILES string of the molecule is O=C(CN1C(=O)CCC1=O)Nc1ccc(C2=CSC3=NCCN23)cc1. The van der Waals surface area contributed by atoms with E-state index in [2.05, 4.69) is 20.6 Å². The van der Waals surface area contributed by atoms with Gasteiger partial charge in [-0.15, -0.1) is 0 Å². The molecule has 3 aliphatic rings. The van der Waals surface area contributed by atoms with Crippen LogP contribution in [0, 0.1) is 0 Å². The minimum absolute atomic E-state index is 0.190. The first-order chi connectivity index (χ1) is 12.1. The van der Waals surface area contributed by atoms with Gasteiger partial charge in [0.2, 0.25) is 17.7 Å². The summed E-state index contributed by atoms with van der Waals surface area (Å²) in [5, 5.41) is 5.84. The fraction of sp³-hybridized carbons (Fsp3) is 0.294. The first kappa shape index (κ1) is 15.9. The topological polar surface area (TPSA) is 82.1 Å². The number of hydrogen-bond acceptors (Lipinski definition) is 6. The molecule has 25 heavy (non-hydrogen) atoms. The Balaban J connectivity index is 1.39. The van der Waals surface area contributed by atoms with E-state index in [1.165, 1.54) is 0 Å². The molecule has 1 fully saturated rings. The second-order valence-electron chi connectivity index (χ2n) is 5.94. The highest BCUT2D eigenvalue weighted by Crippen LogP contribution is 2.35. The number of benzene rings is 1. The van der Waals surface area contributed by atoms with E-state index in [1.54, 1.807) is 11.8 Å². The summed E-state index contributed by atoms with van der Waals surface area (Å²) in [5.74, 6) is -0.950. The van der Waals surface area contributed by atoms with Gasteiger partial charge in [0.15, 0.2) is 5.17 Å². The second-order valence-corrected chi connectivity index (χ2v) is 6.77. The van der Waals surface area contributed by atoms with Gasteiger partial charge in [0, 0.05) is 30.5 Å². The molecule has 7 nitrogen and oxygen atoms in total. The molecule has 0 radical (unpaired) electrons. The van der Waals surface area contributed by atoms with Crippen LogP contribution >= 0.6 is 11.8 Å². The van der Waals surface area contributed by atoms with E-state index in [-0.39, 0.29) is 37.1 Å². The number of thioether (sulfide) groups is 1. The third kappa shape index (κ3) is 3.05. The van der Waals surface area contributed by atoms with Gasteiger partial charge >= 0.3 is 0 Å². The number of amidine groups is 1. The van der Waals surface area contributed by atoms with Crippen LogP contribution < -0.4 is 5.32 Å². The number of anilines is 1. The van der Waals surface area contributed by atoms with Crippen LogP contribution in [0.3, 0.4) is 0 Å². The lowest BCUT2D eigenvalue weighted by molar-refractivity contribution is -0.141. The van der Waals surface area contributed by atoms with Crippen molar-refractivity contribution in [3.05, 3.63) is 35.2 Å². The van der Waals surface area contributed by atoms with Crippen molar-refractivity contribution in [2.24, 2.45) is 4.99 Å². The van der Waals surface area contributed by atoms with Crippen LogP contribution in [0.5, 0.6) is 0 Å². The predicted octanol–water partition coefficient (Wildman–Crippen LogP) is 1.49. The standard InChI is InChI=1S/C17H16N4O3S/c22-14(9-21-15(23)5-6-16(21)24)19-12-3-1-11(2-4-12)13-10-25-17-18-7-8-20(13)17/h1-4,10H,5-9H2,(H,19,22). The van der Waals surface area contributed by atoms with Crippen LogP contribution in [-0.2, 0) is 14.4 Å². The molecule has 1 saturated heterocycles. The van der Waals surface area contributed by atoms with Crippen LogP contribution in [0.15, 0.2) is 34.7 Å². The van der Waals surface area contributed by atoms with Crippen LogP contribution in [0.4, 0.5) is 5.69 Å². The summed E-state index contributed by atoms with van der Waals surface area (Å²) in [5.41, 5.74) is 2.81. The van der Waals surface area contributed by atoms with Crippen molar-refractivity contribution < 1.29 is 14.4 Å². The van der Waals surface area contributed by atoms with Gasteiger partial charge < -0.3 is 10.2 Å². The molecule has 4 rings (SSSR count). The summed E-state index contributed by atoms with van der Waals surface area (Å²) in [4.78, 5) is 42.8. The van der Waals surface area contributed by atoms with E-state index in [9.17, 15) is 14.4 Å². The number of aliphatic imine (C=N–C) groups is 1. The van der Waals surface area contributed by atoms with Crippen molar-refractivity contribution in [1.82, 2.24) is 9.80 Å². The molecule has 3 aliphatic heterocycles. The summed E-state index contributed by atoms with van der Waals surface area (Å²) in [6, 6.07) is 7.51. The Morgan fingerprint density at radius 1 is 1.16 bits per heavy atom. The number of nitrogens with one attached hydrogen (secondary N) is 1. The number of fused-ring (bicyclic) bond motifs is 1. The van der Waals surface area contributed by atoms with Gasteiger partial charge in [-0.3, -0.25) is 24.3 Å². The molecule has 3 amide bonds. The predicted molar refractivity (Wildman–Crippen MR) is 95.6 cm³/mol. The van der Waals surface area contributed by atoms with Gasteiger partial charge in [-0.2, -0.15) is 0 Å². The molecule has 0 bridgehead atoms. The van der Waals surface area contributed by atoms with Crippen molar-refractivity contribution in [2.45, 2.75) is 12.8 Å². The summed E-state index contributed by atoms with van der Waals surface area (Å²) >= 11 is 1.62. The normalized spacial score (nSPS) is 19.2. The van der Waals surface area contributed by atoms with E-state index in [0.717, 1.165) is 34.4 Å². The first-order valence-corrected chi connectivity index (χ1v) is 8.92. The molecular formula is C17H16N4O3S. The van der Waals surface area contributed by atoms with Crippen LogP contribution in [0.2, 0.25) is 0 Å². The zero-order valence-corrected chi connectivity index (χ0v) is 14.2. The van der Waals surface area contributed by atoms with Gasteiger partial charge in [0.05, 0.1) is 12.2 Å². The molecule has 1 aromatic carbocycles. The molecule has 0 spiro atoms. The Bertz CT molecular complexity index is 800. The zero-order chi connectivity index (χ0) is 17.4. The number of carbonyl (C=O) groups is 3. The molecule has 0 aliphatic carbocycles. The summed E-state index contributed by atoms with van der Waals surface area (Å²) in [6.45, 7) is 1.49. The van der Waals surface area contributed by atoms with E-state index in [0.29, 0.717) is 5.69 Å². The lowest BCUT2D eigenvalue weighted by atomic mass is 10.1. The lowest BCUT2D eigenvalue weighted by Crippen LogP contribution is -2.36.